The van der Waals surface area contributed by atoms with E-state index in [4.69, 9.17) is 27.9 Å². The molecule has 0 N–H and O–H groups in total. The van der Waals surface area contributed by atoms with E-state index in [1.165, 1.54) is 118 Å². The van der Waals surface area contributed by atoms with Gasteiger partial charge in [-0.3, -0.25) is 0 Å². The van der Waals surface area contributed by atoms with Crippen molar-refractivity contribution < 1.29 is 72.6 Å². The fraction of sp³-hybridized carbons (Fsp3) is 0.767. The maximum Gasteiger partial charge on any atom is 1.00 e. The Balaban J connectivity index is -0.000000243. The predicted octanol–water partition coefficient (Wildman–Crippen LogP) is 0.410. The fourth-order valence-corrected chi connectivity index (χ4v) is 9.91. The van der Waals surface area contributed by atoms with Crippen molar-refractivity contribution in [1.82, 2.24) is 73.0 Å². The number of halogens is 3. The molecular weight excluding hydrogens is 1060 g/mol. The molecule has 0 radical (unpaired) electrons. The molecule has 3 fully saturated rings. The van der Waals surface area contributed by atoms with Gasteiger partial charge in [-0.05, 0) is 63.4 Å². The molecule has 71 heavy (non-hydrogen) atoms. The summed E-state index contributed by atoms with van der Waals surface area (Å²) in [5.41, 5.74) is 0. The van der Waals surface area contributed by atoms with Gasteiger partial charge >= 0.3 is 240 Å². The number of nitrogens with zero attached hydrogens (tertiary/aromatic N) is 18. The minimum Gasteiger partial charge on any atom is -0.358 e. The Bertz CT molecular complexity index is 1250. The zero-order valence-corrected chi connectivity index (χ0v) is 55.6. The van der Waals surface area contributed by atoms with Crippen LogP contribution in [0.3, 0.4) is 0 Å². The van der Waals surface area contributed by atoms with Crippen molar-refractivity contribution in [2.75, 3.05) is 224 Å². The molecule has 0 aromatic heterocycles. The average Bonchev–Trinajstić information content (AvgIpc) is 3.94. The zero-order chi connectivity index (χ0) is 49.8. The van der Waals surface area contributed by atoms with Crippen molar-refractivity contribution in [3.63, 3.8) is 0 Å². The number of rotatable bonds is 3. The first-order chi connectivity index (χ1) is 31.2. The Morgan fingerprint density at radius 3 is 0.676 bits per heavy atom. The number of hydrogen-bond acceptors (Lipinski definition) is 18. The van der Waals surface area contributed by atoms with Gasteiger partial charge in [-0.25, -0.2) is 0 Å². The van der Waals surface area contributed by atoms with E-state index in [0.29, 0.717) is 0 Å². The van der Waals surface area contributed by atoms with Crippen LogP contribution in [-0.4, -0.2) is 318 Å². The Morgan fingerprint density at radius 2 is 0.535 bits per heavy atom. The van der Waals surface area contributed by atoms with Crippen LogP contribution in [0.25, 0.3) is 0 Å². The minimum absolute atomic E-state index is 0. The molecule has 0 amide bonds. The largest absolute Gasteiger partial charge is 1.00 e. The van der Waals surface area contributed by atoms with E-state index in [-0.39, 0.29) is 69.9 Å². The first kappa shape index (κ1) is 80.7. The van der Waals surface area contributed by atoms with E-state index in [1.54, 1.807) is 0 Å². The second-order valence-corrected chi connectivity index (χ2v) is 25.0. The molecule has 18 nitrogen and oxygen atoms in total. The van der Waals surface area contributed by atoms with Crippen LogP contribution in [0, 0.1) is 29.7 Å². The van der Waals surface area contributed by atoms with E-state index < -0.39 is 33.5 Å². The van der Waals surface area contributed by atoms with E-state index in [1.807, 2.05) is 119 Å². The smallest absolute Gasteiger partial charge is 0.358 e. The Hall–Kier alpha value is 0.865. The summed E-state index contributed by atoms with van der Waals surface area (Å²) in [7, 11) is 49.0. The molecule has 407 valence electrons. The standard InChI is InChI=1S/3C9H21N3.3C4H8BN3.4CH3.3ClH.Li.3Ti/c3*1-10-4-6-11(2)8-9-12(3)7-5-10;3*1-7-3-4-8(2)5(7)6;;;;;;;;;;;/h3*4-9H2,1-3H3;3*3-4H,1-2H3;4*1H3;3*1H;;;;/q;;;;;;4*-1;;;;+1;;+1;+2/p-3. The summed E-state index contributed by atoms with van der Waals surface area (Å²) in [6.45, 7) is 21.6. The molecule has 0 unspecified atom stereocenters. The third kappa shape index (κ3) is 38.1. The molecule has 0 aliphatic carbocycles. The van der Waals surface area contributed by atoms with Crippen LogP contribution in [0.15, 0.2) is 47.2 Å². The van der Waals surface area contributed by atoms with Crippen LogP contribution in [0.4, 0.5) is 0 Å². The van der Waals surface area contributed by atoms with Gasteiger partial charge in [-0.15, -0.1) is 0 Å². The molecule has 0 atom stereocenters. The number of likely N-dealkylation sites (N-methyl/N-ethyl adjacent to an activating group) is 9. The van der Waals surface area contributed by atoms with Crippen LogP contribution in [-0.2, 0) is 53.7 Å². The average molecular weight is 1160 g/mol. The molecule has 3 saturated heterocycles. The fourth-order valence-electron chi connectivity index (χ4n) is 6.71. The molecule has 0 saturated carbocycles. The van der Waals surface area contributed by atoms with Crippen LogP contribution >= 0.6 is 27.9 Å². The van der Waals surface area contributed by atoms with Crippen molar-refractivity contribution in [3.8, 4) is 0 Å². The van der Waals surface area contributed by atoms with Gasteiger partial charge in [0.2, 0.25) is 0 Å². The zero-order valence-electron chi connectivity index (χ0n) is 48.6. The van der Waals surface area contributed by atoms with Gasteiger partial charge in [0, 0.05) is 118 Å². The van der Waals surface area contributed by atoms with Crippen LogP contribution in [0.5, 0.6) is 0 Å². The monoisotopic (exact) mass is 1160 g/mol. The van der Waals surface area contributed by atoms with Crippen molar-refractivity contribution in [2.24, 2.45) is 9.99 Å². The molecule has 6 heterocycles. The van der Waals surface area contributed by atoms with Gasteiger partial charge in [0.1, 0.15) is 0 Å². The van der Waals surface area contributed by atoms with Crippen LogP contribution in [0.1, 0.15) is 0 Å². The van der Waals surface area contributed by atoms with E-state index in [9.17, 15) is 0 Å². The maximum absolute atomic E-state index is 5.67. The van der Waals surface area contributed by atoms with Gasteiger partial charge < -0.3 is 73.8 Å². The molecule has 0 aromatic carbocycles. The molecule has 0 spiro atoms. The summed E-state index contributed by atoms with van der Waals surface area (Å²) < 4.78 is 12.6. The normalized spacial score (nSPS) is 20.4. The third-order valence-electron chi connectivity index (χ3n) is 12.1. The number of hydrogen-bond donors (Lipinski definition) is 0. The second kappa shape index (κ2) is 46.9. The Labute approximate surface area is 490 Å². The third-order valence-corrected chi connectivity index (χ3v) is 14.8. The summed E-state index contributed by atoms with van der Waals surface area (Å²) in [6.07, 6.45) is 11.9. The van der Waals surface area contributed by atoms with E-state index in [2.05, 4.69) is 127 Å². The van der Waals surface area contributed by atoms with Crippen LogP contribution < -0.4 is 18.9 Å². The summed E-state index contributed by atoms with van der Waals surface area (Å²) in [4.78, 5) is 33.7. The van der Waals surface area contributed by atoms with E-state index >= 15 is 0 Å². The molecular formula is C43H99B3Cl3LiN18Ti3-3. The van der Waals surface area contributed by atoms with E-state index in [0.717, 1.165) is 0 Å². The topological polar surface area (TPSA) is 85.7 Å². The van der Waals surface area contributed by atoms with Crippen LogP contribution in [0.2, 0.25) is 0 Å². The molecule has 0 aromatic rings. The molecule has 6 rings (SSSR count). The Kier molecular flexibility index (Phi) is 53.3. The first-order valence-corrected chi connectivity index (χ1v) is 31.6. The van der Waals surface area contributed by atoms with Gasteiger partial charge in [-0.1, -0.05) is 0 Å². The summed E-state index contributed by atoms with van der Waals surface area (Å²) in [6, 6.07) is 0. The first-order valence-electron chi connectivity index (χ1n) is 23.0. The van der Waals surface area contributed by atoms with Gasteiger partial charge in [0.05, 0.1) is 0 Å². The van der Waals surface area contributed by atoms with Gasteiger partial charge in [-0.2, -0.15) is 0 Å². The Morgan fingerprint density at radius 1 is 0.366 bits per heavy atom. The molecule has 0 bridgehead atoms. The van der Waals surface area contributed by atoms with Crippen molar-refractivity contribution in [3.05, 3.63) is 66.9 Å². The van der Waals surface area contributed by atoms with Gasteiger partial charge in [0.15, 0.2) is 0 Å². The van der Waals surface area contributed by atoms with Crippen molar-refractivity contribution in [2.45, 2.75) is 0 Å². The second-order valence-electron chi connectivity index (χ2n) is 18.4. The SMILES string of the molecule is CN1C=CN(C)B1[N]=[Ti].CN1C=CN(C)B1[N]=[Ti]([Cl])[Cl].CN1C=CN(C)B1[N]=[Ti][Cl].CN1CCN(C)CCN(C)CC1.CN1CCN(C)CCN(C)CC1.CN1CCN(C)CCN(C)CC1.[CH3-].[CH3-].[CH3-].[CH3-].[Li+]. The van der Waals surface area contributed by atoms with Crippen molar-refractivity contribution in [1.29, 1.82) is 0 Å². The quantitative estimate of drug-likeness (QED) is 0.289. The maximum atomic E-state index is 5.67. The predicted molar refractivity (Wildman–Crippen MR) is 299 cm³/mol. The summed E-state index contributed by atoms with van der Waals surface area (Å²) in [5.74, 6) is 0. The van der Waals surface area contributed by atoms with Gasteiger partial charge in [0.25, 0.3) is 0 Å². The summed E-state index contributed by atoms with van der Waals surface area (Å²) in [5, 5.41) is 0. The van der Waals surface area contributed by atoms with Crippen molar-refractivity contribution >= 4 is 49.3 Å². The molecule has 6 aliphatic rings. The molecule has 28 heteroatoms. The summed E-state index contributed by atoms with van der Waals surface area (Å²) >= 11 is -0.869. The molecule has 6 aliphatic heterocycles. The minimum atomic E-state index is -2.09.